The van der Waals surface area contributed by atoms with Crippen LogP contribution in [0.3, 0.4) is 0 Å². The number of ether oxygens (including phenoxy) is 1. The van der Waals surface area contributed by atoms with Crippen molar-refractivity contribution in [2.24, 2.45) is 5.92 Å². The number of nitrogens with one attached hydrogen (secondary N) is 2. The number of carbonyl (C=O) groups excluding carboxylic acids is 1. The first kappa shape index (κ1) is 11.6. The van der Waals surface area contributed by atoms with Crippen LogP contribution in [0.25, 0.3) is 0 Å². The second-order valence-corrected chi connectivity index (χ2v) is 4.06. The van der Waals surface area contributed by atoms with E-state index in [1.54, 1.807) is 6.92 Å². The van der Waals surface area contributed by atoms with Crippen molar-refractivity contribution >= 4 is 5.97 Å². The summed E-state index contributed by atoms with van der Waals surface area (Å²) in [6.45, 7) is 2.09. The Hall–Kier alpha value is -1.85. The van der Waals surface area contributed by atoms with E-state index in [0.29, 0.717) is 37.1 Å². The van der Waals surface area contributed by atoms with Gasteiger partial charge in [0.25, 0.3) is 5.56 Å². The van der Waals surface area contributed by atoms with Gasteiger partial charge >= 0.3 is 11.7 Å². The Balaban J connectivity index is 2.27. The average molecular weight is 238 g/mol. The van der Waals surface area contributed by atoms with E-state index in [9.17, 15) is 14.4 Å². The Bertz CT molecular complexity index is 543. The molecule has 6 nitrogen and oxygen atoms in total. The van der Waals surface area contributed by atoms with Crippen LogP contribution in [0.15, 0.2) is 9.59 Å². The van der Waals surface area contributed by atoms with E-state index in [2.05, 4.69) is 9.97 Å². The molecule has 1 heterocycles. The number of carbonyl (C=O) groups is 1. The monoisotopic (exact) mass is 238 g/mol. The number of esters is 1. The molecule has 0 unspecified atom stereocenters. The van der Waals surface area contributed by atoms with E-state index in [4.69, 9.17) is 4.74 Å². The van der Waals surface area contributed by atoms with E-state index < -0.39 is 11.2 Å². The van der Waals surface area contributed by atoms with E-state index in [1.165, 1.54) is 0 Å². The van der Waals surface area contributed by atoms with Gasteiger partial charge in [-0.15, -0.1) is 0 Å². The lowest BCUT2D eigenvalue weighted by Gasteiger charge is -2.21. The summed E-state index contributed by atoms with van der Waals surface area (Å²) in [6.07, 6.45) is 1.46. The maximum atomic E-state index is 11.6. The fourth-order valence-electron chi connectivity index (χ4n) is 2.12. The van der Waals surface area contributed by atoms with Crippen LogP contribution in [0.2, 0.25) is 0 Å². The molecule has 0 fully saturated rings. The van der Waals surface area contributed by atoms with Crippen molar-refractivity contribution in [1.82, 2.24) is 9.97 Å². The van der Waals surface area contributed by atoms with Crippen molar-refractivity contribution in [1.29, 1.82) is 0 Å². The summed E-state index contributed by atoms with van der Waals surface area (Å²) in [6, 6.07) is 0. The quantitative estimate of drug-likeness (QED) is 0.694. The topological polar surface area (TPSA) is 92.0 Å². The van der Waals surface area contributed by atoms with Crippen LogP contribution < -0.4 is 11.2 Å². The summed E-state index contributed by atoms with van der Waals surface area (Å²) >= 11 is 0. The Morgan fingerprint density at radius 2 is 2.18 bits per heavy atom. The van der Waals surface area contributed by atoms with Gasteiger partial charge in [0.05, 0.1) is 12.5 Å². The SMILES string of the molecule is CCOC(=O)[C@@H]1CCc2[nH]c(=O)[nH]c(=O)c2C1. The van der Waals surface area contributed by atoms with Gasteiger partial charge in [-0.2, -0.15) is 0 Å². The Kier molecular flexibility index (Phi) is 3.12. The number of hydrogen-bond acceptors (Lipinski definition) is 4. The zero-order valence-corrected chi connectivity index (χ0v) is 9.54. The molecule has 0 bridgehead atoms. The van der Waals surface area contributed by atoms with Gasteiger partial charge in [-0.05, 0) is 26.2 Å². The third kappa shape index (κ3) is 2.30. The lowest BCUT2D eigenvalue weighted by Crippen LogP contribution is -2.34. The van der Waals surface area contributed by atoms with Crippen LogP contribution in [-0.2, 0) is 22.4 Å². The normalized spacial score (nSPS) is 18.5. The van der Waals surface area contributed by atoms with Crippen LogP contribution in [-0.4, -0.2) is 22.5 Å². The Morgan fingerprint density at radius 3 is 2.88 bits per heavy atom. The molecule has 6 heteroatoms. The van der Waals surface area contributed by atoms with Crippen LogP contribution in [0, 0.1) is 5.92 Å². The van der Waals surface area contributed by atoms with E-state index in [1.807, 2.05) is 0 Å². The molecule has 1 atom stereocenters. The number of aryl methyl sites for hydroxylation is 1. The van der Waals surface area contributed by atoms with Gasteiger partial charge in [-0.25, -0.2) is 4.79 Å². The van der Waals surface area contributed by atoms with Crippen molar-refractivity contribution in [3.8, 4) is 0 Å². The van der Waals surface area contributed by atoms with Crippen LogP contribution in [0.4, 0.5) is 0 Å². The molecular weight excluding hydrogens is 224 g/mol. The standard InChI is InChI=1S/C11H14N2O4/c1-2-17-10(15)6-3-4-8-7(5-6)9(14)13-11(16)12-8/h6H,2-5H2,1H3,(H2,12,13,14,16)/t6-/m1/s1. The van der Waals surface area contributed by atoms with Crippen LogP contribution in [0.5, 0.6) is 0 Å². The molecule has 0 saturated heterocycles. The molecule has 0 saturated carbocycles. The Labute approximate surface area is 97.0 Å². The minimum atomic E-state index is -0.497. The first-order chi connectivity index (χ1) is 8.11. The summed E-state index contributed by atoms with van der Waals surface area (Å²) in [5.74, 6) is -0.557. The minimum Gasteiger partial charge on any atom is -0.466 e. The number of rotatable bonds is 2. The van der Waals surface area contributed by atoms with Gasteiger partial charge in [0.15, 0.2) is 0 Å². The van der Waals surface area contributed by atoms with Crippen molar-refractivity contribution in [2.75, 3.05) is 6.61 Å². The number of aromatic nitrogens is 2. The predicted octanol–water partition coefficient (Wildman–Crippen LogP) is -0.269. The number of H-pyrrole nitrogens is 2. The van der Waals surface area contributed by atoms with Gasteiger partial charge < -0.3 is 9.72 Å². The lowest BCUT2D eigenvalue weighted by atomic mass is 9.87. The highest BCUT2D eigenvalue weighted by Gasteiger charge is 2.27. The van der Waals surface area contributed by atoms with E-state index in [0.717, 1.165) is 0 Å². The van der Waals surface area contributed by atoms with E-state index in [-0.39, 0.29) is 11.9 Å². The molecule has 1 aromatic rings. The molecule has 0 radical (unpaired) electrons. The largest absolute Gasteiger partial charge is 0.466 e. The van der Waals surface area contributed by atoms with Crippen LogP contribution >= 0.6 is 0 Å². The molecule has 1 aromatic heterocycles. The summed E-state index contributed by atoms with van der Waals surface area (Å²) in [4.78, 5) is 39.0. The zero-order valence-electron chi connectivity index (χ0n) is 9.54. The maximum absolute atomic E-state index is 11.6. The zero-order chi connectivity index (χ0) is 12.4. The molecule has 0 spiro atoms. The van der Waals surface area contributed by atoms with Crippen LogP contribution in [0.1, 0.15) is 24.6 Å². The molecule has 17 heavy (non-hydrogen) atoms. The first-order valence-electron chi connectivity index (χ1n) is 5.62. The summed E-state index contributed by atoms with van der Waals surface area (Å²) in [5.41, 5.74) is 0.231. The van der Waals surface area contributed by atoms with Gasteiger partial charge in [0.1, 0.15) is 0 Å². The molecular formula is C11H14N2O4. The van der Waals surface area contributed by atoms with Crippen molar-refractivity contribution in [2.45, 2.75) is 26.2 Å². The van der Waals surface area contributed by atoms with Crippen molar-refractivity contribution in [3.63, 3.8) is 0 Å². The Morgan fingerprint density at radius 1 is 1.41 bits per heavy atom. The number of hydrogen-bond donors (Lipinski definition) is 2. The van der Waals surface area contributed by atoms with Gasteiger partial charge in [0, 0.05) is 11.3 Å². The predicted molar refractivity (Wildman–Crippen MR) is 59.8 cm³/mol. The lowest BCUT2D eigenvalue weighted by molar-refractivity contribution is -0.148. The van der Waals surface area contributed by atoms with Gasteiger partial charge in [-0.3, -0.25) is 14.6 Å². The minimum absolute atomic E-state index is 0.274. The smallest absolute Gasteiger partial charge is 0.325 e. The number of fused-ring (bicyclic) bond motifs is 1. The fourth-order valence-corrected chi connectivity index (χ4v) is 2.12. The molecule has 2 N–H and O–H groups in total. The molecule has 0 aliphatic heterocycles. The van der Waals surface area contributed by atoms with Gasteiger partial charge in [-0.1, -0.05) is 0 Å². The fraction of sp³-hybridized carbons (Fsp3) is 0.545. The maximum Gasteiger partial charge on any atom is 0.325 e. The third-order valence-electron chi connectivity index (χ3n) is 2.94. The number of aromatic amines is 2. The molecule has 1 aliphatic carbocycles. The van der Waals surface area contributed by atoms with E-state index >= 15 is 0 Å². The molecule has 1 aliphatic rings. The molecule has 2 rings (SSSR count). The van der Waals surface area contributed by atoms with Crippen molar-refractivity contribution in [3.05, 3.63) is 32.1 Å². The van der Waals surface area contributed by atoms with Crippen molar-refractivity contribution < 1.29 is 9.53 Å². The highest BCUT2D eigenvalue weighted by molar-refractivity contribution is 5.73. The molecule has 0 aromatic carbocycles. The van der Waals surface area contributed by atoms with Gasteiger partial charge in [0.2, 0.25) is 0 Å². The first-order valence-corrected chi connectivity index (χ1v) is 5.62. The average Bonchev–Trinajstić information content (AvgIpc) is 2.28. The third-order valence-corrected chi connectivity index (χ3v) is 2.94. The summed E-state index contributed by atoms with van der Waals surface area (Å²) < 4.78 is 4.94. The summed E-state index contributed by atoms with van der Waals surface area (Å²) in [7, 11) is 0. The highest BCUT2D eigenvalue weighted by atomic mass is 16.5. The molecule has 0 amide bonds. The molecule has 92 valence electrons. The summed E-state index contributed by atoms with van der Waals surface area (Å²) in [5, 5.41) is 0. The second kappa shape index (κ2) is 4.57. The second-order valence-electron chi connectivity index (χ2n) is 4.06. The highest BCUT2D eigenvalue weighted by Crippen LogP contribution is 2.21.